The molecule has 1 aliphatic heterocycles. The summed E-state index contributed by atoms with van der Waals surface area (Å²) in [7, 11) is 0. The third kappa shape index (κ3) is 2.09. The summed E-state index contributed by atoms with van der Waals surface area (Å²) in [5.74, 6) is -0.0354. The molecule has 1 aromatic rings. The molecule has 2 rings (SSSR count). The number of amides is 1. The Hall–Kier alpha value is -1.42. The summed E-state index contributed by atoms with van der Waals surface area (Å²) >= 11 is 0. The van der Waals surface area contributed by atoms with Crippen molar-refractivity contribution in [2.24, 2.45) is 0 Å². The summed E-state index contributed by atoms with van der Waals surface area (Å²) in [6, 6.07) is 3.80. The number of rotatable bonds is 2. The third-order valence-electron chi connectivity index (χ3n) is 2.32. The van der Waals surface area contributed by atoms with Crippen molar-refractivity contribution in [3.8, 4) is 0 Å². The first-order valence-corrected chi connectivity index (χ1v) is 4.78. The Morgan fingerprint density at radius 2 is 2.57 bits per heavy atom. The number of aromatic nitrogens is 1. The molecule has 74 valence electrons. The standard InChI is InChI=1S/C10H13N3O/c14-10(8-2-1-4-11-6-8)13-9-3-5-12-7-9/h1-2,4,6,9,12H,3,5,7H2,(H,13,14)/t9-/m1/s1. The van der Waals surface area contributed by atoms with E-state index < -0.39 is 0 Å². The van der Waals surface area contributed by atoms with Crippen LogP contribution in [0.3, 0.4) is 0 Å². The summed E-state index contributed by atoms with van der Waals surface area (Å²) in [6.07, 6.45) is 4.25. The zero-order valence-electron chi connectivity index (χ0n) is 7.86. The molecule has 0 aliphatic carbocycles. The van der Waals surface area contributed by atoms with Gasteiger partial charge >= 0.3 is 0 Å². The fourth-order valence-corrected chi connectivity index (χ4v) is 1.54. The van der Waals surface area contributed by atoms with E-state index in [0.29, 0.717) is 5.56 Å². The van der Waals surface area contributed by atoms with Gasteiger partial charge in [-0.25, -0.2) is 0 Å². The predicted molar refractivity (Wildman–Crippen MR) is 53.0 cm³/mol. The van der Waals surface area contributed by atoms with Crippen LogP contribution in [0.4, 0.5) is 0 Å². The van der Waals surface area contributed by atoms with Crippen LogP contribution in [0.5, 0.6) is 0 Å². The number of hydrogen-bond acceptors (Lipinski definition) is 3. The largest absolute Gasteiger partial charge is 0.348 e. The number of carbonyl (C=O) groups excluding carboxylic acids is 1. The maximum absolute atomic E-state index is 11.6. The second kappa shape index (κ2) is 4.19. The van der Waals surface area contributed by atoms with Gasteiger partial charge in [0.25, 0.3) is 5.91 Å². The topological polar surface area (TPSA) is 54.0 Å². The molecule has 0 spiro atoms. The van der Waals surface area contributed by atoms with Crippen LogP contribution in [-0.2, 0) is 0 Å². The molecule has 0 radical (unpaired) electrons. The molecule has 1 fully saturated rings. The number of carbonyl (C=O) groups is 1. The molecular formula is C10H13N3O. The molecule has 4 nitrogen and oxygen atoms in total. The summed E-state index contributed by atoms with van der Waals surface area (Å²) in [4.78, 5) is 15.5. The average Bonchev–Trinajstić information content (AvgIpc) is 2.72. The van der Waals surface area contributed by atoms with Crippen LogP contribution in [0.1, 0.15) is 16.8 Å². The number of nitrogens with one attached hydrogen (secondary N) is 2. The van der Waals surface area contributed by atoms with Crippen molar-refractivity contribution in [3.05, 3.63) is 30.1 Å². The lowest BCUT2D eigenvalue weighted by molar-refractivity contribution is 0.0939. The lowest BCUT2D eigenvalue weighted by Crippen LogP contribution is -2.36. The normalized spacial score (nSPS) is 20.7. The molecule has 2 N–H and O–H groups in total. The Balaban J connectivity index is 1.95. The molecule has 4 heteroatoms. The first-order valence-electron chi connectivity index (χ1n) is 4.78. The zero-order chi connectivity index (χ0) is 9.80. The van der Waals surface area contributed by atoms with E-state index in [1.165, 1.54) is 0 Å². The highest BCUT2D eigenvalue weighted by Gasteiger charge is 2.17. The van der Waals surface area contributed by atoms with Gasteiger partial charge in [-0.3, -0.25) is 9.78 Å². The van der Waals surface area contributed by atoms with Crippen LogP contribution in [0.2, 0.25) is 0 Å². The molecule has 1 amide bonds. The molecule has 0 unspecified atom stereocenters. The van der Waals surface area contributed by atoms with Gasteiger partial charge in [0.05, 0.1) is 5.56 Å². The molecule has 14 heavy (non-hydrogen) atoms. The maximum Gasteiger partial charge on any atom is 0.253 e. The van der Waals surface area contributed by atoms with E-state index >= 15 is 0 Å². The monoisotopic (exact) mass is 191 g/mol. The summed E-state index contributed by atoms with van der Waals surface area (Å²) in [5, 5.41) is 6.15. The van der Waals surface area contributed by atoms with Crippen LogP contribution in [0.15, 0.2) is 24.5 Å². The minimum Gasteiger partial charge on any atom is -0.348 e. The van der Waals surface area contributed by atoms with Crippen LogP contribution in [0, 0.1) is 0 Å². The first-order chi connectivity index (χ1) is 6.86. The van der Waals surface area contributed by atoms with Crippen LogP contribution >= 0.6 is 0 Å². The molecule has 1 aromatic heterocycles. The van der Waals surface area contributed by atoms with Crippen molar-refractivity contribution in [2.45, 2.75) is 12.5 Å². The smallest absolute Gasteiger partial charge is 0.253 e. The van der Waals surface area contributed by atoms with E-state index in [2.05, 4.69) is 15.6 Å². The van der Waals surface area contributed by atoms with E-state index in [0.717, 1.165) is 19.5 Å². The van der Waals surface area contributed by atoms with Crippen LogP contribution in [-0.4, -0.2) is 30.0 Å². The second-order valence-corrected chi connectivity index (χ2v) is 3.40. The Kier molecular flexibility index (Phi) is 2.74. The van der Waals surface area contributed by atoms with E-state index in [-0.39, 0.29) is 11.9 Å². The minimum absolute atomic E-state index is 0.0354. The molecular weight excluding hydrogens is 178 g/mol. The number of pyridine rings is 1. The van der Waals surface area contributed by atoms with E-state index in [4.69, 9.17) is 0 Å². The Bertz CT molecular complexity index is 306. The van der Waals surface area contributed by atoms with Crippen LogP contribution < -0.4 is 10.6 Å². The first kappa shape index (κ1) is 9.15. The Morgan fingerprint density at radius 1 is 1.64 bits per heavy atom. The van der Waals surface area contributed by atoms with E-state index in [9.17, 15) is 4.79 Å². The van der Waals surface area contributed by atoms with Crippen molar-refractivity contribution < 1.29 is 4.79 Å². The second-order valence-electron chi connectivity index (χ2n) is 3.40. The molecule has 0 saturated carbocycles. The van der Waals surface area contributed by atoms with E-state index in [1.807, 2.05) is 0 Å². The zero-order valence-corrected chi connectivity index (χ0v) is 7.86. The van der Waals surface area contributed by atoms with Gasteiger partial charge in [-0.05, 0) is 25.1 Å². The minimum atomic E-state index is -0.0354. The van der Waals surface area contributed by atoms with Gasteiger partial charge < -0.3 is 10.6 Å². The van der Waals surface area contributed by atoms with Crippen molar-refractivity contribution in [2.75, 3.05) is 13.1 Å². The average molecular weight is 191 g/mol. The molecule has 0 aromatic carbocycles. The van der Waals surface area contributed by atoms with Crippen molar-refractivity contribution in [1.82, 2.24) is 15.6 Å². The van der Waals surface area contributed by atoms with Gasteiger partial charge in [0.15, 0.2) is 0 Å². The van der Waals surface area contributed by atoms with Gasteiger partial charge in [0.2, 0.25) is 0 Å². The highest BCUT2D eigenvalue weighted by Crippen LogP contribution is 2.00. The fourth-order valence-electron chi connectivity index (χ4n) is 1.54. The summed E-state index contributed by atoms with van der Waals surface area (Å²) in [5.41, 5.74) is 0.624. The molecule has 0 bridgehead atoms. The predicted octanol–water partition coefficient (Wildman–Crippen LogP) is 0.173. The van der Waals surface area contributed by atoms with Crippen LogP contribution in [0.25, 0.3) is 0 Å². The fraction of sp³-hybridized carbons (Fsp3) is 0.400. The molecule has 1 aliphatic rings. The molecule has 2 heterocycles. The Morgan fingerprint density at radius 3 is 3.21 bits per heavy atom. The number of nitrogens with zero attached hydrogens (tertiary/aromatic N) is 1. The van der Waals surface area contributed by atoms with Crippen molar-refractivity contribution in [1.29, 1.82) is 0 Å². The van der Waals surface area contributed by atoms with E-state index in [1.54, 1.807) is 24.5 Å². The highest BCUT2D eigenvalue weighted by atomic mass is 16.1. The molecule has 1 atom stereocenters. The quantitative estimate of drug-likeness (QED) is 0.700. The SMILES string of the molecule is O=C(N[C@@H]1CCNC1)c1cccnc1. The van der Waals surface area contributed by atoms with Gasteiger partial charge in [0, 0.05) is 25.0 Å². The van der Waals surface area contributed by atoms with Gasteiger partial charge in [0.1, 0.15) is 0 Å². The summed E-state index contributed by atoms with van der Waals surface area (Å²) in [6.45, 7) is 1.85. The van der Waals surface area contributed by atoms with Gasteiger partial charge in [-0.2, -0.15) is 0 Å². The van der Waals surface area contributed by atoms with Gasteiger partial charge in [-0.15, -0.1) is 0 Å². The van der Waals surface area contributed by atoms with Crippen molar-refractivity contribution in [3.63, 3.8) is 0 Å². The lowest BCUT2D eigenvalue weighted by Gasteiger charge is -2.10. The molecule has 1 saturated heterocycles. The maximum atomic E-state index is 11.6. The number of hydrogen-bond donors (Lipinski definition) is 2. The third-order valence-corrected chi connectivity index (χ3v) is 2.32. The van der Waals surface area contributed by atoms with Gasteiger partial charge in [-0.1, -0.05) is 0 Å². The van der Waals surface area contributed by atoms with Crippen molar-refractivity contribution >= 4 is 5.91 Å². The lowest BCUT2D eigenvalue weighted by atomic mass is 10.2. The Labute approximate surface area is 82.7 Å². The highest BCUT2D eigenvalue weighted by molar-refractivity contribution is 5.94. The summed E-state index contributed by atoms with van der Waals surface area (Å²) < 4.78 is 0.